The number of nitrogens with two attached hydrogens (primary N) is 1. The second kappa shape index (κ2) is 15.1. The monoisotopic (exact) mass is 799 g/mol. The molecule has 0 saturated heterocycles. The summed E-state index contributed by atoms with van der Waals surface area (Å²) in [6.07, 6.45) is -1.31. The molecule has 0 fully saturated rings. The second-order valence-corrected chi connectivity index (χ2v) is 15.4. The minimum absolute atomic E-state index is 0.0123. The Bertz CT molecular complexity index is 2140. The summed E-state index contributed by atoms with van der Waals surface area (Å²) < 4.78 is 37.6. The number of nitrogens with one attached hydrogen (secondary N) is 1. The van der Waals surface area contributed by atoms with Crippen LogP contribution in [0.2, 0.25) is 0 Å². The number of hydrogen-bond acceptors (Lipinski definition) is 14. The molecule has 3 amide bonds. The highest BCUT2D eigenvalue weighted by molar-refractivity contribution is 6.25. The summed E-state index contributed by atoms with van der Waals surface area (Å²) in [5, 5.41) is 48.5. The molecule has 5 rings (SSSR count). The number of rotatable bonds is 9. The number of phenolic OH excluding ortho intramolecular Hbond substituents is 1. The van der Waals surface area contributed by atoms with E-state index in [1.807, 2.05) is 0 Å². The number of aliphatic hydroxyl groups is 3. The van der Waals surface area contributed by atoms with Crippen molar-refractivity contribution >= 4 is 46.8 Å². The first-order chi connectivity index (χ1) is 26.4. The molecule has 0 unspecified atom stereocenters. The number of benzene rings is 2. The van der Waals surface area contributed by atoms with E-state index in [0.717, 1.165) is 23.1 Å². The number of ketones is 2. The van der Waals surface area contributed by atoms with Gasteiger partial charge in [0.15, 0.2) is 17.1 Å². The number of hydrogen-bond donors (Lipinski definition) is 6. The number of carbonyl (C=O) groups excluding carboxylic acids is 6. The number of primary amides is 1. The Kier molecular flexibility index (Phi) is 11.2. The average molecular weight is 800 g/mol. The van der Waals surface area contributed by atoms with Crippen LogP contribution in [0.4, 0.5) is 25.0 Å². The number of carbonyl (C=O) groups is 6. The van der Waals surface area contributed by atoms with Crippen LogP contribution < -0.4 is 16.0 Å². The van der Waals surface area contributed by atoms with E-state index in [-0.39, 0.29) is 24.1 Å². The van der Waals surface area contributed by atoms with E-state index in [2.05, 4.69) is 5.32 Å². The number of allylic oxidation sites excluding steroid dienone is 1. The molecule has 0 aliphatic heterocycles. The lowest BCUT2D eigenvalue weighted by atomic mass is 9.58. The number of ether oxygens (including phenoxy) is 2. The number of phenols is 1. The van der Waals surface area contributed by atoms with E-state index in [1.165, 1.54) is 25.1 Å². The summed E-state index contributed by atoms with van der Waals surface area (Å²) in [6, 6.07) is 2.93. The van der Waals surface area contributed by atoms with Gasteiger partial charge in [-0.3, -0.25) is 29.0 Å². The van der Waals surface area contributed by atoms with Gasteiger partial charge in [-0.05, 0) is 77.4 Å². The van der Waals surface area contributed by atoms with Crippen molar-refractivity contribution in [2.24, 2.45) is 17.6 Å². The molecule has 17 nitrogen and oxygen atoms in total. The third-order valence-electron chi connectivity index (χ3n) is 10.3. The van der Waals surface area contributed by atoms with Crippen molar-refractivity contribution < 1.29 is 67.4 Å². The molecular formula is C38H43F2N5O12. The molecule has 0 bridgehead atoms. The number of anilines is 2. The zero-order chi connectivity index (χ0) is 42.6. The van der Waals surface area contributed by atoms with Crippen LogP contribution in [0.25, 0.3) is 0 Å². The summed E-state index contributed by atoms with van der Waals surface area (Å²) in [5.74, 6) is -13.0. The molecular weight excluding hydrogens is 756 g/mol. The van der Waals surface area contributed by atoms with Crippen LogP contribution in [0.15, 0.2) is 46.9 Å². The van der Waals surface area contributed by atoms with E-state index >= 15 is 0 Å². The van der Waals surface area contributed by atoms with Gasteiger partial charge in [-0.2, -0.15) is 0 Å². The largest absolute Gasteiger partial charge is 0.510 e. The molecule has 0 saturated carbocycles. The third kappa shape index (κ3) is 7.23. The first-order valence-electron chi connectivity index (χ1n) is 17.5. The van der Waals surface area contributed by atoms with Gasteiger partial charge >= 0.3 is 12.1 Å². The predicted octanol–water partition coefficient (Wildman–Crippen LogP) is 2.45. The van der Waals surface area contributed by atoms with Gasteiger partial charge in [0.05, 0.1) is 17.3 Å². The molecule has 2 aromatic rings. The van der Waals surface area contributed by atoms with Gasteiger partial charge in [-0.25, -0.2) is 18.4 Å². The van der Waals surface area contributed by atoms with Crippen molar-refractivity contribution in [2.75, 3.05) is 51.7 Å². The fourth-order valence-electron chi connectivity index (χ4n) is 7.68. The molecule has 19 heteroatoms. The van der Waals surface area contributed by atoms with Crippen molar-refractivity contribution in [1.82, 2.24) is 9.80 Å². The van der Waals surface area contributed by atoms with E-state index in [0.29, 0.717) is 11.3 Å². The Morgan fingerprint density at radius 1 is 1.02 bits per heavy atom. The van der Waals surface area contributed by atoms with Gasteiger partial charge < -0.3 is 45.9 Å². The number of halogens is 2. The maximum Gasteiger partial charge on any atom is 0.413 e. The van der Waals surface area contributed by atoms with Crippen LogP contribution in [0.5, 0.6) is 5.75 Å². The number of fused-ring (bicyclic) bond motifs is 3. The Balaban J connectivity index is 1.44. The van der Waals surface area contributed by atoms with Crippen molar-refractivity contribution in [3.8, 4) is 5.75 Å². The van der Waals surface area contributed by atoms with Crippen LogP contribution >= 0.6 is 0 Å². The highest BCUT2D eigenvalue weighted by Crippen LogP contribution is 2.54. The molecule has 306 valence electrons. The summed E-state index contributed by atoms with van der Waals surface area (Å²) >= 11 is 0. The van der Waals surface area contributed by atoms with Gasteiger partial charge in [0.2, 0.25) is 18.5 Å². The van der Waals surface area contributed by atoms with Gasteiger partial charge in [0.1, 0.15) is 40.8 Å². The molecule has 0 spiro atoms. The standard InChI is InChI=1S/C38H43F2N5O12/c1-37(2,3)45(36(54)57-15-56-35(53)26-19(39)9-8-10-20(26)40)14-23(46)42-21-13-22(43(4)5)17-11-16-12-18-28(44(6)7)31(49)27(34(41)52)33(51)38(18,55)32(50)24(16)30(48)25(17)29(21)47/h8-10,13,16,18,28,47,49-50,55H,11-12,14-15H2,1-7H3,(H2,41,52)(H,42,46)/t16-,18-,28-,38-/m0/s1. The van der Waals surface area contributed by atoms with Gasteiger partial charge in [-0.15, -0.1) is 0 Å². The molecule has 4 atom stereocenters. The third-order valence-corrected chi connectivity index (χ3v) is 10.3. The number of Topliss-reactive ketones (excluding diaryl/α,β-unsaturated/α-hetero) is 2. The minimum Gasteiger partial charge on any atom is -0.510 e. The fraction of sp³-hybridized carbons (Fsp3) is 0.421. The van der Waals surface area contributed by atoms with Crippen molar-refractivity contribution in [3.05, 3.63) is 75.3 Å². The zero-order valence-corrected chi connectivity index (χ0v) is 32.1. The number of aromatic hydroxyl groups is 1. The van der Waals surface area contributed by atoms with Crippen molar-refractivity contribution in [2.45, 2.75) is 50.8 Å². The van der Waals surface area contributed by atoms with Gasteiger partial charge in [0, 0.05) is 36.8 Å². The van der Waals surface area contributed by atoms with Crippen LogP contribution in [0.1, 0.15) is 53.5 Å². The summed E-state index contributed by atoms with van der Waals surface area (Å²) in [4.78, 5) is 83.0. The first kappa shape index (κ1) is 42.1. The quantitative estimate of drug-likeness (QED) is 0.0924. The van der Waals surface area contributed by atoms with E-state index in [1.54, 1.807) is 39.8 Å². The minimum atomic E-state index is -2.85. The van der Waals surface area contributed by atoms with Crippen molar-refractivity contribution in [3.63, 3.8) is 0 Å². The number of likely N-dealkylation sites (N-methyl/N-ethyl adjacent to an activating group) is 1. The van der Waals surface area contributed by atoms with E-state index < -0.39 is 123 Å². The molecule has 2 aromatic carbocycles. The Labute approximate surface area is 324 Å². The van der Waals surface area contributed by atoms with E-state index in [4.69, 9.17) is 15.2 Å². The number of amides is 3. The van der Waals surface area contributed by atoms with Gasteiger partial charge in [-0.1, -0.05) is 6.07 Å². The van der Waals surface area contributed by atoms with Gasteiger partial charge in [0.25, 0.3) is 5.91 Å². The Morgan fingerprint density at radius 2 is 1.63 bits per heavy atom. The number of aliphatic hydroxyl groups excluding tert-OH is 2. The highest BCUT2D eigenvalue weighted by Gasteiger charge is 2.63. The number of nitrogens with zero attached hydrogens (tertiary/aromatic N) is 3. The average Bonchev–Trinajstić information content (AvgIpc) is 3.08. The van der Waals surface area contributed by atoms with Crippen LogP contribution in [-0.4, -0.2) is 124 Å². The highest BCUT2D eigenvalue weighted by atomic mass is 19.1. The topological polar surface area (TPSA) is 250 Å². The Morgan fingerprint density at radius 3 is 2.18 bits per heavy atom. The molecule has 3 aliphatic carbocycles. The lowest BCUT2D eigenvalue weighted by molar-refractivity contribution is -0.148. The summed E-state index contributed by atoms with van der Waals surface area (Å²) in [7, 11) is 6.30. The molecule has 3 aliphatic rings. The van der Waals surface area contributed by atoms with E-state index in [9.17, 15) is 58.0 Å². The lowest BCUT2D eigenvalue weighted by Gasteiger charge is -2.50. The van der Waals surface area contributed by atoms with Crippen LogP contribution in [0, 0.1) is 23.5 Å². The van der Waals surface area contributed by atoms with Crippen molar-refractivity contribution in [1.29, 1.82) is 0 Å². The normalized spacial score (nSPS) is 21.7. The molecule has 0 heterocycles. The molecule has 0 aromatic heterocycles. The fourth-order valence-corrected chi connectivity index (χ4v) is 7.68. The summed E-state index contributed by atoms with van der Waals surface area (Å²) in [6.45, 7) is 2.84. The summed E-state index contributed by atoms with van der Waals surface area (Å²) in [5.41, 5.74) is -0.915. The lowest BCUT2D eigenvalue weighted by Crippen LogP contribution is -2.63. The van der Waals surface area contributed by atoms with Crippen LogP contribution in [-0.2, 0) is 30.3 Å². The second-order valence-electron chi connectivity index (χ2n) is 15.4. The first-order valence-corrected chi connectivity index (χ1v) is 17.5. The number of esters is 1. The Hall–Kier alpha value is -6.08. The molecule has 7 N–H and O–H groups in total. The smallest absolute Gasteiger partial charge is 0.413 e. The zero-order valence-electron chi connectivity index (χ0n) is 32.1. The molecule has 57 heavy (non-hydrogen) atoms. The maximum absolute atomic E-state index is 14.3. The molecule has 0 radical (unpaired) electrons. The predicted molar refractivity (Wildman–Crippen MR) is 196 cm³/mol. The maximum atomic E-state index is 14.3. The SMILES string of the molecule is CN(C)c1cc(NC(=O)CN(C(=O)OCOC(=O)c2c(F)cccc2F)C(C)(C)C)c(O)c2c1C[C@H]1C[C@H]3[C@H](N(C)C)C(O)=C(C(N)=O)C(=O)[C@@]3(O)C(O)=C1C2=O. The van der Waals surface area contributed by atoms with Crippen LogP contribution in [0.3, 0.4) is 0 Å².